The van der Waals surface area contributed by atoms with Crippen LogP contribution in [0.25, 0.3) is 0 Å². The number of hydrogen-bond acceptors (Lipinski definition) is 3. The van der Waals surface area contributed by atoms with Gasteiger partial charge in [-0.05, 0) is 29.8 Å². The van der Waals surface area contributed by atoms with Gasteiger partial charge in [-0.2, -0.15) is 10.2 Å². The van der Waals surface area contributed by atoms with Crippen molar-refractivity contribution >= 4 is 21.8 Å². The second-order valence-electron chi connectivity index (χ2n) is 4.44. The first-order valence-corrected chi connectivity index (χ1v) is 6.70. The van der Waals surface area contributed by atoms with Crippen molar-refractivity contribution in [1.82, 2.24) is 24.9 Å². The molecule has 2 aromatic rings. The van der Waals surface area contributed by atoms with E-state index >= 15 is 0 Å². The number of aryl methyl sites for hydroxylation is 2. The van der Waals surface area contributed by atoms with Crippen LogP contribution in [-0.2, 0) is 24.9 Å². The molecule has 0 saturated heterocycles. The summed E-state index contributed by atoms with van der Waals surface area (Å²) in [6, 6.07) is 0. The van der Waals surface area contributed by atoms with Gasteiger partial charge in [0.1, 0.15) is 6.54 Å². The number of aromatic nitrogens is 4. The molecule has 0 aliphatic heterocycles. The van der Waals surface area contributed by atoms with Gasteiger partial charge in [-0.25, -0.2) is 0 Å². The number of carbonyl (C=O) groups excluding carboxylic acids is 1. The Morgan fingerprint density at radius 2 is 2.21 bits per heavy atom. The van der Waals surface area contributed by atoms with E-state index in [-0.39, 0.29) is 12.5 Å². The summed E-state index contributed by atoms with van der Waals surface area (Å²) in [6.07, 6.45) is 3.61. The Morgan fingerprint density at radius 3 is 2.74 bits per heavy atom. The van der Waals surface area contributed by atoms with Gasteiger partial charge in [0.25, 0.3) is 0 Å². The van der Waals surface area contributed by atoms with Crippen molar-refractivity contribution in [2.75, 3.05) is 0 Å². The summed E-state index contributed by atoms with van der Waals surface area (Å²) in [7, 11) is 1.85. The molecule has 0 spiro atoms. The fourth-order valence-corrected chi connectivity index (χ4v) is 2.07. The minimum Gasteiger partial charge on any atom is -0.350 e. The average Bonchev–Trinajstić information content (AvgIpc) is 2.88. The molecule has 0 fully saturated rings. The number of nitrogens with zero attached hydrogens (tertiary/aromatic N) is 4. The third-order valence-electron chi connectivity index (χ3n) is 2.83. The van der Waals surface area contributed by atoms with Crippen molar-refractivity contribution in [1.29, 1.82) is 0 Å². The maximum atomic E-state index is 11.9. The van der Waals surface area contributed by atoms with Crippen molar-refractivity contribution < 1.29 is 4.79 Å². The van der Waals surface area contributed by atoms with E-state index < -0.39 is 0 Å². The maximum absolute atomic E-state index is 11.9. The molecule has 1 amide bonds. The average molecular weight is 326 g/mol. The second kappa shape index (κ2) is 5.56. The highest BCUT2D eigenvalue weighted by Crippen LogP contribution is 2.19. The number of carbonyl (C=O) groups is 1. The highest BCUT2D eigenvalue weighted by molar-refractivity contribution is 9.10. The van der Waals surface area contributed by atoms with E-state index in [1.165, 1.54) is 0 Å². The molecule has 0 aliphatic rings. The molecule has 1 N–H and O–H groups in total. The van der Waals surface area contributed by atoms with Gasteiger partial charge in [0.15, 0.2) is 0 Å². The lowest BCUT2D eigenvalue weighted by Gasteiger charge is -2.05. The number of hydrogen-bond donors (Lipinski definition) is 1. The van der Waals surface area contributed by atoms with Crippen LogP contribution in [0.15, 0.2) is 16.9 Å². The number of halogens is 1. The van der Waals surface area contributed by atoms with Crippen LogP contribution in [0.4, 0.5) is 0 Å². The van der Waals surface area contributed by atoms with Crippen LogP contribution in [0.2, 0.25) is 0 Å². The third-order valence-corrected chi connectivity index (χ3v) is 3.98. The van der Waals surface area contributed by atoms with Gasteiger partial charge in [0, 0.05) is 25.4 Å². The Kier molecular flexibility index (Phi) is 4.04. The van der Waals surface area contributed by atoms with Crippen LogP contribution < -0.4 is 5.32 Å². The van der Waals surface area contributed by atoms with Gasteiger partial charge in [0.05, 0.1) is 22.1 Å². The Labute approximate surface area is 119 Å². The van der Waals surface area contributed by atoms with Crippen LogP contribution in [0.1, 0.15) is 17.0 Å². The topological polar surface area (TPSA) is 64.7 Å². The Morgan fingerprint density at radius 1 is 1.47 bits per heavy atom. The molecule has 7 heteroatoms. The molecule has 2 rings (SSSR count). The highest BCUT2D eigenvalue weighted by atomic mass is 79.9. The lowest BCUT2D eigenvalue weighted by atomic mass is 10.3. The molecule has 6 nitrogen and oxygen atoms in total. The molecule has 0 radical (unpaired) electrons. The molecular weight excluding hydrogens is 310 g/mol. The van der Waals surface area contributed by atoms with Crippen molar-refractivity contribution in [3.63, 3.8) is 0 Å². The Hall–Kier alpha value is -1.63. The molecule has 0 aromatic carbocycles. The second-order valence-corrected chi connectivity index (χ2v) is 5.23. The Bertz CT molecular complexity index is 601. The van der Waals surface area contributed by atoms with Crippen LogP contribution in [0.5, 0.6) is 0 Å². The molecular formula is C12H16BrN5O. The normalized spacial score (nSPS) is 10.7. The standard InChI is InChI=1S/C12H16BrN5O/c1-8-12(13)9(2)18(16-8)7-11(19)14-4-10-5-15-17(3)6-10/h5-6H,4,7H2,1-3H3,(H,14,19). The van der Waals surface area contributed by atoms with E-state index in [9.17, 15) is 4.79 Å². The predicted octanol–water partition coefficient (Wildman–Crippen LogP) is 1.31. The minimum atomic E-state index is -0.0676. The van der Waals surface area contributed by atoms with Gasteiger partial charge in [-0.15, -0.1) is 0 Å². The zero-order chi connectivity index (χ0) is 14.0. The van der Waals surface area contributed by atoms with Crippen LogP contribution >= 0.6 is 15.9 Å². The smallest absolute Gasteiger partial charge is 0.242 e. The molecule has 19 heavy (non-hydrogen) atoms. The summed E-state index contributed by atoms with van der Waals surface area (Å²) in [4.78, 5) is 11.9. The number of amides is 1. The van der Waals surface area contributed by atoms with Crippen molar-refractivity contribution in [3.05, 3.63) is 33.8 Å². The van der Waals surface area contributed by atoms with Crippen molar-refractivity contribution in [3.8, 4) is 0 Å². The maximum Gasteiger partial charge on any atom is 0.242 e. The number of rotatable bonds is 4. The van der Waals surface area contributed by atoms with Crippen molar-refractivity contribution in [2.45, 2.75) is 26.9 Å². The minimum absolute atomic E-state index is 0.0676. The quantitative estimate of drug-likeness (QED) is 0.921. The summed E-state index contributed by atoms with van der Waals surface area (Å²) in [5.74, 6) is -0.0676. The van der Waals surface area contributed by atoms with Gasteiger partial charge < -0.3 is 5.32 Å². The predicted molar refractivity (Wildman–Crippen MR) is 74.5 cm³/mol. The highest BCUT2D eigenvalue weighted by Gasteiger charge is 2.11. The zero-order valence-corrected chi connectivity index (χ0v) is 12.7. The van der Waals surface area contributed by atoms with E-state index in [1.54, 1.807) is 15.6 Å². The van der Waals surface area contributed by atoms with Gasteiger partial charge >= 0.3 is 0 Å². The van der Waals surface area contributed by atoms with Crippen LogP contribution in [0, 0.1) is 13.8 Å². The summed E-state index contributed by atoms with van der Waals surface area (Å²) in [6.45, 7) is 4.53. The zero-order valence-electron chi connectivity index (χ0n) is 11.1. The molecule has 0 unspecified atom stereocenters. The molecule has 0 saturated carbocycles. The summed E-state index contributed by atoms with van der Waals surface area (Å²) in [5, 5.41) is 11.2. The molecule has 0 bridgehead atoms. The molecule has 0 atom stereocenters. The first kappa shape index (κ1) is 13.8. The van der Waals surface area contributed by atoms with Gasteiger partial charge in [-0.3, -0.25) is 14.2 Å². The van der Waals surface area contributed by atoms with Gasteiger partial charge in [-0.1, -0.05) is 0 Å². The van der Waals surface area contributed by atoms with Crippen LogP contribution in [0.3, 0.4) is 0 Å². The van der Waals surface area contributed by atoms with Crippen molar-refractivity contribution in [2.24, 2.45) is 7.05 Å². The van der Waals surface area contributed by atoms with E-state index in [2.05, 4.69) is 31.4 Å². The SMILES string of the molecule is Cc1nn(CC(=O)NCc2cnn(C)c2)c(C)c1Br. The van der Waals surface area contributed by atoms with Crippen LogP contribution in [-0.4, -0.2) is 25.5 Å². The number of nitrogens with one attached hydrogen (secondary N) is 1. The van der Waals surface area contributed by atoms with E-state index in [4.69, 9.17) is 0 Å². The molecule has 2 aromatic heterocycles. The monoisotopic (exact) mass is 325 g/mol. The van der Waals surface area contributed by atoms with E-state index in [1.807, 2.05) is 27.1 Å². The lowest BCUT2D eigenvalue weighted by Crippen LogP contribution is -2.27. The lowest BCUT2D eigenvalue weighted by molar-refractivity contribution is -0.122. The third kappa shape index (κ3) is 3.23. The fourth-order valence-electron chi connectivity index (χ4n) is 1.78. The molecule has 2 heterocycles. The Balaban J connectivity index is 1.92. The summed E-state index contributed by atoms with van der Waals surface area (Å²) < 4.78 is 4.35. The first-order valence-electron chi connectivity index (χ1n) is 5.91. The first-order chi connectivity index (χ1) is 8.97. The largest absolute Gasteiger partial charge is 0.350 e. The van der Waals surface area contributed by atoms with E-state index in [0.717, 1.165) is 21.4 Å². The molecule has 102 valence electrons. The van der Waals surface area contributed by atoms with E-state index in [0.29, 0.717) is 6.54 Å². The van der Waals surface area contributed by atoms with Gasteiger partial charge in [0.2, 0.25) is 5.91 Å². The summed E-state index contributed by atoms with van der Waals surface area (Å²) >= 11 is 3.44. The summed E-state index contributed by atoms with van der Waals surface area (Å²) in [5.41, 5.74) is 2.82. The molecule has 0 aliphatic carbocycles. The fraction of sp³-hybridized carbons (Fsp3) is 0.417.